The molecule has 0 aliphatic carbocycles. The zero-order valence-electron chi connectivity index (χ0n) is 12.2. The van der Waals surface area contributed by atoms with E-state index < -0.39 is 5.91 Å². The van der Waals surface area contributed by atoms with Crippen molar-refractivity contribution < 1.29 is 14.0 Å². The van der Waals surface area contributed by atoms with Crippen LogP contribution < -0.4 is 0 Å². The van der Waals surface area contributed by atoms with Gasteiger partial charge in [0.05, 0.1) is 12.8 Å². The second-order valence-electron chi connectivity index (χ2n) is 4.73. The van der Waals surface area contributed by atoms with Crippen LogP contribution in [0.4, 0.5) is 4.39 Å². The minimum atomic E-state index is -0.398. The fourth-order valence-corrected chi connectivity index (χ4v) is 2.29. The molecule has 0 aliphatic rings. The van der Waals surface area contributed by atoms with E-state index in [9.17, 15) is 9.18 Å². The first kappa shape index (κ1) is 14.2. The number of hydrogen-bond donors (Lipinski definition) is 0. The van der Waals surface area contributed by atoms with Gasteiger partial charge in [0.25, 0.3) is 5.91 Å². The van der Waals surface area contributed by atoms with Gasteiger partial charge in [-0.15, -0.1) is 0 Å². The third kappa shape index (κ3) is 2.33. The van der Waals surface area contributed by atoms with Gasteiger partial charge in [0.15, 0.2) is 5.69 Å². The molecule has 1 amide bonds. The van der Waals surface area contributed by atoms with Crippen LogP contribution in [0, 0.1) is 5.82 Å². The Labute approximate surface area is 126 Å². The smallest absolute Gasteiger partial charge is 0.298 e. The molecule has 112 valence electrons. The highest BCUT2D eigenvalue weighted by Gasteiger charge is 2.23. The monoisotopic (exact) mass is 299 g/mol. The number of pyridine rings is 1. The average molecular weight is 299 g/mol. The maximum atomic E-state index is 13.6. The quantitative estimate of drug-likeness (QED) is 0.699. The van der Waals surface area contributed by atoms with Crippen molar-refractivity contribution in [2.45, 2.75) is 0 Å². The van der Waals surface area contributed by atoms with Gasteiger partial charge >= 0.3 is 0 Å². The van der Waals surface area contributed by atoms with Crippen LogP contribution in [0.5, 0.6) is 0 Å². The molecule has 6 heteroatoms. The zero-order valence-corrected chi connectivity index (χ0v) is 12.2. The second-order valence-corrected chi connectivity index (χ2v) is 4.73. The van der Waals surface area contributed by atoms with E-state index in [1.165, 1.54) is 26.3 Å². The summed E-state index contributed by atoms with van der Waals surface area (Å²) in [4.78, 5) is 21.8. The number of hydrogen-bond acceptors (Lipinski definition) is 3. The lowest BCUT2D eigenvalue weighted by molar-refractivity contribution is -0.0759. The lowest BCUT2D eigenvalue weighted by Gasteiger charge is -2.13. The molecule has 0 unspecified atom stereocenters. The van der Waals surface area contributed by atoms with Crippen molar-refractivity contribution in [3.05, 3.63) is 60.2 Å². The van der Waals surface area contributed by atoms with Gasteiger partial charge in [0, 0.05) is 18.8 Å². The van der Waals surface area contributed by atoms with Gasteiger partial charge in [-0.2, -0.15) is 0 Å². The Morgan fingerprint density at radius 1 is 1.27 bits per heavy atom. The van der Waals surface area contributed by atoms with Crippen LogP contribution in [-0.2, 0) is 4.84 Å². The Bertz CT molecular complexity index is 844. The number of aromatic nitrogens is 2. The zero-order chi connectivity index (χ0) is 15.7. The molecule has 1 aromatic carbocycles. The van der Waals surface area contributed by atoms with Gasteiger partial charge in [0.2, 0.25) is 0 Å². The normalized spacial score (nSPS) is 10.9. The molecule has 0 atom stereocenters. The van der Waals surface area contributed by atoms with E-state index in [-0.39, 0.29) is 11.5 Å². The van der Waals surface area contributed by atoms with E-state index in [4.69, 9.17) is 4.84 Å². The summed E-state index contributed by atoms with van der Waals surface area (Å²) in [5.41, 5.74) is 1.92. The van der Waals surface area contributed by atoms with Crippen LogP contribution in [0.15, 0.2) is 48.7 Å². The maximum absolute atomic E-state index is 13.6. The summed E-state index contributed by atoms with van der Waals surface area (Å²) in [6, 6.07) is 11.5. The van der Waals surface area contributed by atoms with E-state index in [1.807, 2.05) is 12.1 Å². The number of amides is 1. The van der Waals surface area contributed by atoms with Crippen molar-refractivity contribution in [1.82, 2.24) is 14.4 Å². The van der Waals surface area contributed by atoms with Crippen LogP contribution in [0.1, 0.15) is 10.5 Å². The summed E-state index contributed by atoms with van der Waals surface area (Å²) < 4.78 is 15.3. The van der Waals surface area contributed by atoms with Gasteiger partial charge in [-0.25, -0.2) is 14.4 Å². The van der Waals surface area contributed by atoms with Gasteiger partial charge in [-0.3, -0.25) is 14.0 Å². The number of hydroxylamine groups is 2. The van der Waals surface area contributed by atoms with E-state index in [2.05, 4.69) is 4.98 Å². The second kappa shape index (κ2) is 5.57. The third-order valence-corrected chi connectivity index (χ3v) is 3.39. The first-order chi connectivity index (χ1) is 10.6. The predicted octanol–water partition coefficient (Wildman–Crippen LogP) is 2.77. The molecule has 2 heterocycles. The molecular weight excluding hydrogens is 285 g/mol. The maximum Gasteiger partial charge on any atom is 0.298 e. The Morgan fingerprint density at radius 2 is 2.09 bits per heavy atom. The molecule has 0 saturated heterocycles. The molecule has 3 aromatic rings. The van der Waals surface area contributed by atoms with E-state index in [1.54, 1.807) is 28.8 Å². The molecule has 22 heavy (non-hydrogen) atoms. The third-order valence-electron chi connectivity index (χ3n) is 3.39. The summed E-state index contributed by atoms with van der Waals surface area (Å²) >= 11 is 0. The van der Waals surface area contributed by atoms with Crippen molar-refractivity contribution in [1.29, 1.82) is 0 Å². The van der Waals surface area contributed by atoms with Crippen molar-refractivity contribution in [3.63, 3.8) is 0 Å². The van der Waals surface area contributed by atoms with Crippen molar-refractivity contribution >= 4 is 11.6 Å². The van der Waals surface area contributed by atoms with Gasteiger partial charge in [0.1, 0.15) is 11.5 Å². The lowest BCUT2D eigenvalue weighted by atomic mass is 10.1. The fourth-order valence-electron chi connectivity index (χ4n) is 2.29. The Balaban J connectivity index is 2.28. The number of benzene rings is 1. The Hall–Kier alpha value is -2.73. The van der Waals surface area contributed by atoms with Gasteiger partial charge in [-0.1, -0.05) is 18.2 Å². The molecule has 5 nitrogen and oxygen atoms in total. The lowest BCUT2D eigenvalue weighted by Crippen LogP contribution is -2.26. The largest absolute Gasteiger partial charge is 0.299 e. The Kier molecular flexibility index (Phi) is 3.60. The van der Waals surface area contributed by atoms with Crippen LogP contribution in [-0.4, -0.2) is 34.5 Å². The highest BCUT2D eigenvalue weighted by molar-refractivity contribution is 5.98. The van der Waals surface area contributed by atoms with Crippen molar-refractivity contribution in [2.75, 3.05) is 14.2 Å². The molecule has 0 saturated carbocycles. The summed E-state index contributed by atoms with van der Waals surface area (Å²) in [5.74, 6) is -0.771. The molecule has 0 aliphatic heterocycles. The number of halogens is 1. The first-order valence-corrected chi connectivity index (χ1v) is 6.67. The fraction of sp³-hybridized carbons (Fsp3) is 0.125. The van der Waals surface area contributed by atoms with Crippen LogP contribution in [0.3, 0.4) is 0 Å². The number of nitrogens with zero attached hydrogens (tertiary/aromatic N) is 3. The molecule has 0 radical (unpaired) electrons. The Morgan fingerprint density at radius 3 is 2.82 bits per heavy atom. The minimum absolute atomic E-state index is 0.209. The first-order valence-electron chi connectivity index (χ1n) is 6.67. The molecule has 2 aromatic heterocycles. The summed E-state index contributed by atoms with van der Waals surface area (Å²) in [7, 11) is 2.90. The number of fused-ring (bicyclic) bond motifs is 1. The topological polar surface area (TPSA) is 46.8 Å². The summed E-state index contributed by atoms with van der Waals surface area (Å²) in [6.07, 6.45) is 1.78. The van der Waals surface area contributed by atoms with Crippen LogP contribution >= 0.6 is 0 Å². The molecule has 0 spiro atoms. The highest BCUT2D eigenvalue weighted by atomic mass is 19.1. The van der Waals surface area contributed by atoms with E-state index in [0.29, 0.717) is 16.9 Å². The molecule has 0 bridgehead atoms. The standard InChI is InChI=1S/C16H14FN3O2/c1-19(22-2)16(21)14-15(11-6-5-7-12(17)10-11)20-9-4-3-8-13(20)18-14/h3-10H,1-2H3. The highest BCUT2D eigenvalue weighted by Crippen LogP contribution is 2.26. The van der Waals surface area contributed by atoms with Crippen LogP contribution in [0.25, 0.3) is 16.9 Å². The van der Waals surface area contributed by atoms with Crippen LogP contribution in [0.2, 0.25) is 0 Å². The minimum Gasteiger partial charge on any atom is -0.299 e. The molecule has 0 fully saturated rings. The number of rotatable bonds is 3. The van der Waals surface area contributed by atoms with E-state index in [0.717, 1.165) is 5.06 Å². The molecular formula is C16H14FN3O2. The number of carbonyl (C=O) groups is 1. The molecule has 3 rings (SSSR count). The summed E-state index contributed by atoms with van der Waals surface area (Å²) in [6.45, 7) is 0. The van der Waals surface area contributed by atoms with Gasteiger partial charge in [-0.05, 0) is 24.3 Å². The average Bonchev–Trinajstić information content (AvgIpc) is 2.92. The SMILES string of the molecule is CON(C)C(=O)c1nc2ccccn2c1-c1cccc(F)c1. The number of carbonyl (C=O) groups excluding carboxylic acids is 1. The molecule has 0 N–H and O–H groups in total. The van der Waals surface area contributed by atoms with Crippen molar-refractivity contribution in [3.8, 4) is 11.3 Å². The number of imidazole rings is 1. The van der Waals surface area contributed by atoms with Crippen molar-refractivity contribution in [2.24, 2.45) is 0 Å². The predicted molar refractivity (Wildman–Crippen MR) is 79.7 cm³/mol. The summed E-state index contributed by atoms with van der Waals surface area (Å²) in [5, 5.41) is 1.09. The van der Waals surface area contributed by atoms with E-state index >= 15 is 0 Å². The van der Waals surface area contributed by atoms with Gasteiger partial charge < -0.3 is 0 Å².